The van der Waals surface area contributed by atoms with Gasteiger partial charge in [0.05, 0.1) is 0 Å². The fraction of sp³-hybridized carbons (Fsp3) is 0.250. The second kappa shape index (κ2) is 4.10. The Morgan fingerprint density at radius 3 is 2.71 bits per heavy atom. The van der Waals surface area contributed by atoms with Crippen molar-refractivity contribution in [1.29, 1.82) is 0 Å². The molecule has 0 aliphatic carbocycles. The Kier molecular flexibility index (Phi) is 3.28. The van der Waals surface area contributed by atoms with Crippen LogP contribution < -0.4 is 5.73 Å². The molecule has 0 aliphatic rings. The summed E-state index contributed by atoms with van der Waals surface area (Å²) >= 11 is 1.14. The maximum atomic E-state index is 11.1. The maximum absolute atomic E-state index is 11.1. The molecule has 0 aromatic carbocycles. The molecule has 0 saturated carbocycles. The van der Waals surface area contributed by atoms with Crippen molar-refractivity contribution in [3.8, 4) is 0 Å². The second-order valence-corrected chi connectivity index (χ2v) is 6.00. The van der Waals surface area contributed by atoms with E-state index < -0.39 is 15.7 Å². The van der Waals surface area contributed by atoms with Gasteiger partial charge in [0.2, 0.25) is 5.91 Å². The lowest BCUT2D eigenvalue weighted by atomic mass is 10.2. The molecule has 6 heteroatoms. The highest BCUT2D eigenvalue weighted by molar-refractivity contribution is 7.92. The van der Waals surface area contributed by atoms with Crippen LogP contribution >= 0.6 is 11.3 Å². The molecule has 0 saturated heterocycles. The topological polar surface area (TPSA) is 77.2 Å². The van der Waals surface area contributed by atoms with Crippen molar-refractivity contribution in [1.82, 2.24) is 0 Å². The van der Waals surface area contributed by atoms with Crippen LogP contribution in [0, 0.1) is 6.42 Å². The molecular weight excluding hydrogens is 222 g/mol. The number of rotatable bonds is 4. The molecule has 14 heavy (non-hydrogen) atoms. The van der Waals surface area contributed by atoms with Crippen LogP contribution in [0.25, 0.3) is 0 Å². The highest BCUT2D eigenvalue weighted by atomic mass is 32.2. The van der Waals surface area contributed by atoms with Crippen molar-refractivity contribution < 1.29 is 13.2 Å². The molecule has 77 valence electrons. The number of carbonyl (C=O) groups excluding carboxylic acids is 1. The summed E-state index contributed by atoms with van der Waals surface area (Å²) < 4.78 is 22.5. The minimum atomic E-state index is -3.14. The summed E-state index contributed by atoms with van der Waals surface area (Å²) in [4.78, 5) is 10.5. The van der Waals surface area contributed by atoms with Gasteiger partial charge < -0.3 is 5.73 Å². The van der Waals surface area contributed by atoms with Gasteiger partial charge in [0.15, 0.2) is 9.84 Å². The zero-order valence-electron chi connectivity index (χ0n) is 7.56. The zero-order chi connectivity index (χ0) is 10.8. The van der Waals surface area contributed by atoms with Gasteiger partial charge in [-0.15, -0.1) is 11.3 Å². The predicted octanol–water partition coefficient (Wildman–Crippen LogP) is 0.579. The SMILES string of the molecule is CS(=O)(=O)c1cc([CH]CC(N)=O)cs1. The second-order valence-electron chi connectivity index (χ2n) is 2.85. The normalized spacial score (nSPS) is 11.5. The van der Waals surface area contributed by atoms with Gasteiger partial charge in [0, 0.05) is 19.1 Å². The summed E-state index contributed by atoms with van der Waals surface area (Å²) in [7, 11) is -3.14. The summed E-state index contributed by atoms with van der Waals surface area (Å²) in [6.07, 6.45) is 2.88. The first-order valence-electron chi connectivity index (χ1n) is 3.79. The largest absolute Gasteiger partial charge is 0.370 e. The molecule has 2 N–H and O–H groups in total. The first-order valence-corrected chi connectivity index (χ1v) is 6.57. The van der Waals surface area contributed by atoms with Crippen LogP contribution in [0.5, 0.6) is 0 Å². The Bertz CT molecular complexity index is 433. The van der Waals surface area contributed by atoms with Crippen LogP contribution in [-0.4, -0.2) is 20.6 Å². The van der Waals surface area contributed by atoms with E-state index in [1.54, 1.807) is 11.8 Å². The fourth-order valence-corrected chi connectivity index (χ4v) is 2.66. The predicted molar refractivity (Wildman–Crippen MR) is 54.6 cm³/mol. The van der Waals surface area contributed by atoms with E-state index >= 15 is 0 Å². The number of amides is 1. The van der Waals surface area contributed by atoms with Crippen LogP contribution in [0.15, 0.2) is 15.7 Å². The number of primary amides is 1. The van der Waals surface area contributed by atoms with E-state index in [2.05, 4.69) is 0 Å². The van der Waals surface area contributed by atoms with Crippen molar-refractivity contribution >= 4 is 27.1 Å². The summed E-state index contributed by atoms with van der Waals surface area (Å²) in [6.45, 7) is 0. The number of carbonyl (C=O) groups is 1. The van der Waals surface area contributed by atoms with Gasteiger partial charge in [0.25, 0.3) is 0 Å². The van der Waals surface area contributed by atoms with Crippen molar-refractivity contribution in [3.63, 3.8) is 0 Å². The van der Waals surface area contributed by atoms with Crippen LogP contribution in [0.4, 0.5) is 0 Å². The Hall–Kier alpha value is -0.880. The monoisotopic (exact) mass is 232 g/mol. The average molecular weight is 232 g/mol. The minimum Gasteiger partial charge on any atom is -0.370 e. The summed E-state index contributed by atoms with van der Waals surface area (Å²) in [5.74, 6) is -0.433. The van der Waals surface area contributed by atoms with Gasteiger partial charge >= 0.3 is 0 Å². The van der Waals surface area contributed by atoms with Gasteiger partial charge in [-0.1, -0.05) is 0 Å². The van der Waals surface area contributed by atoms with E-state index in [9.17, 15) is 13.2 Å². The van der Waals surface area contributed by atoms with Gasteiger partial charge in [-0.3, -0.25) is 4.79 Å². The lowest BCUT2D eigenvalue weighted by molar-refractivity contribution is -0.117. The Labute approximate surface area is 86.7 Å². The molecule has 0 unspecified atom stereocenters. The van der Waals surface area contributed by atoms with E-state index in [-0.39, 0.29) is 6.42 Å². The number of thiophene rings is 1. The van der Waals surface area contributed by atoms with Crippen molar-refractivity contribution in [2.75, 3.05) is 6.26 Å². The molecule has 1 amide bonds. The molecule has 0 spiro atoms. The summed E-state index contributed by atoms with van der Waals surface area (Å²) in [5.41, 5.74) is 5.66. The van der Waals surface area contributed by atoms with Crippen molar-refractivity contribution in [2.45, 2.75) is 10.6 Å². The molecule has 1 rings (SSSR count). The van der Waals surface area contributed by atoms with Crippen molar-refractivity contribution in [2.24, 2.45) is 5.73 Å². The Morgan fingerprint density at radius 2 is 2.29 bits per heavy atom. The Morgan fingerprint density at radius 1 is 1.64 bits per heavy atom. The van der Waals surface area contributed by atoms with E-state index in [0.717, 1.165) is 17.6 Å². The quantitative estimate of drug-likeness (QED) is 0.824. The summed E-state index contributed by atoms with van der Waals surface area (Å²) in [6, 6.07) is 1.53. The summed E-state index contributed by atoms with van der Waals surface area (Å²) in [5, 5.41) is 1.68. The van der Waals surface area contributed by atoms with E-state index in [1.165, 1.54) is 6.07 Å². The highest BCUT2D eigenvalue weighted by Crippen LogP contribution is 2.21. The van der Waals surface area contributed by atoms with Crippen LogP contribution in [0.3, 0.4) is 0 Å². The number of sulfone groups is 1. The van der Waals surface area contributed by atoms with Crippen LogP contribution in [0.1, 0.15) is 12.0 Å². The molecule has 1 radical (unpaired) electrons. The highest BCUT2D eigenvalue weighted by Gasteiger charge is 2.10. The fourth-order valence-electron chi connectivity index (χ4n) is 0.850. The molecule has 4 nitrogen and oxygen atoms in total. The first-order chi connectivity index (χ1) is 6.39. The maximum Gasteiger partial charge on any atom is 0.218 e. The van der Waals surface area contributed by atoms with E-state index in [1.807, 2.05) is 0 Å². The third kappa shape index (κ3) is 3.12. The van der Waals surface area contributed by atoms with Gasteiger partial charge in [-0.05, 0) is 17.0 Å². The van der Waals surface area contributed by atoms with Gasteiger partial charge in [-0.25, -0.2) is 8.42 Å². The van der Waals surface area contributed by atoms with E-state index in [4.69, 9.17) is 5.73 Å². The number of hydrogen-bond donors (Lipinski definition) is 1. The smallest absolute Gasteiger partial charge is 0.218 e. The average Bonchev–Trinajstić information content (AvgIpc) is 2.47. The molecule has 1 heterocycles. The molecule has 0 fully saturated rings. The molecule has 0 aliphatic heterocycles. The standard InChI is InChI=1S/C8H10NO3S2/c1-14(11,12)8-4-6(5-13-8)2-3-7(9)10/h2,4-5H,3H2,1H3,(H2,9,10). The minimum absolute atomic E-state index is 0.125. The van der Waals surface area contributed by atoms with E-state index in [0.29, 0.717) is 9.77 Å². The van der Waals surface area contributed by atoms with Crippen LogP contribution in [-0.2, 0) is 14.6 Å². The molecule has 1 aromatic heterocycles. The number of nitrogens with two attached hydrogens (primary N) is 1. The van der Waals surface area contributed by atoms with Crippen molar-refractivity contribution in [3.05, 3.63) is 23.4 Å². The lowest BCUT2D eigenvalue weighted by Crippen LogP contribution is -2.09. The molecule has 0 atom stereocenters. The first kappa shape index (κ1) is 11.2. The molecule has 0 bridgehead atoms. The van der Waals surface area contributed by atoms with Crippen LogP contribution in [0.2, 0.25) is 0 Å². The Balaban J connectivity index is 2.74. The van der Waals surface area contributed by atoms with Gasteiger partial charge in [0.1, 0.15) is 4.21 Å². The van der Waals surface area contributed by atoms with Gasteiger partial charge in [-0.2, -0.15) is 0 Å². The number of hydrogen-bond acceptors (Lipinski definition) is 4. The zero-order valence-corrected chi connectivity index (χ0v) is 9.19. The third-order valence-corrected chi connectivity index (χ3v) is 4.29. The third-order valence-electron chi connectivity index (χ3n) is 1.50. The molecule has 1 aromatic rings. The lowest BCUT2D eigenvalue weighted by Gasteiger charge is -1.92. The molecular formula is C8H10NO3S2.